The van der Waals surface area contributed by atoms with E-state index in [9.17, 15) is 0 Å². The van der Waals surface area contributed by atoms with Crippen molar-refractivity contribution in [3.63, 3.8) is 0 Å². The van der Waals surface area contributed by atoms with E-state index < -0.39 is 0 Å². The molecule has 11 heavy (non-hydrogen) atoms. The number of aliphatic hydroxyl groups is 1. The summed E-state index contributed by atoms with van der Waals surface area (Å²) in [5.41, 5.74) is 1.27. The van der Waals surface area contributed by atoms with Crippen LogP contribution in [0.2, 0.25) is 0 Å². The molecule has 58 valence electrons. The highest BCUT2D eigenvalue weighted by Gasteiger charge is 2.36. The van der Waals surface area contributed by atoms with Gasteiger partial charge in [-0.25, -0.2) is 0 Å². The Balaban J connectivity index is 2.09. The second-order valence-corrected chi connectivity index (χ2v) is 2.84. The van der Waals surface area contributed by atoms with Crippen molar-refractivity contribution < 1.29 is 5.11 Å². The monoisotopic (exact) mass is 149 g/mol. The first-order valence-corrected chi connectivity index (χ1v) is 3.83. The van der Waals surface area contributed by atoms with Gasteiger partial charge in [-0.05, 0) is 5.56 Å². The Hall–Kier alpha value is -0.860. The zero-order valence-corrected chi connectivity index (χ0v) is 6.20. The number of rotatable bonds is 2. The molecule has 2 rings (SSSR count). The Bertz CT molecular complexity index is 235. The fourth-order valence-electron chi connectivity index (χ4n) is 1.32. The van der Waals surface area contributed by atoms with Gasteiger partial charge in [0.1, 0.15) is 0 Å². The van der Waals surface area contributed by atoms with Gasteiger partial charge in [0.15, 0.2) is 0 Å². The third kappa shape index (κ3) is 1.27. The highest BCUT2D eigenvalue weighted by Crippen LogP contribution is 2.28. The molecule has 2 N–H and O–H groups in total. The lowest BCUT2D eigenvalue weighted by Crippen LogP contribution is -1.95. The number of hydrogen-bond acceptors (Lipinski definition) is 2. The van der Waals surface area contributed by atoms with Crippen molar-refractivity contribution >= 4 is 0 Å². The summed E-state index contributed by atoms with van der Waals surface area (Å²) in [6, 6.07) is 10.9. The molecule has 1 aromatic carbocycles. The van der Waals surface area contributed by atoms with E-state index in [1.807, 2.05) is 18.2 Å². The number of benzene rings is 1. The van der Waals surface area contributed by atoms with Crippen molar-refractivity contribution in [2.75, 3.05) is 6.61 Å². The number of hydrogen-bond donors (Lipinski definition) is 2. The van der Waals surface area contributed by atoms with Crippen LogP contribution in [0, 0.1) is 0 Å². The molecule has 2 atom stereocenters. The predicted octanol–water partition coefficient (Wildman–Crippen LogP) is 0.692. The summed E-state index contributed by atoms with van der Waals surface area (Å²) >= 11 is 0. The lowest BCUT2D eigenvalue weighted by Gasteiger charge is -1.93. The van der Waals surface area contributed by atoms with Gasteiger partial charge in [-0.3, -0.25) is 0 Å². The van der Waals surface area contributed by atoms with Gasteiger partial charge < -0.3 is 10.4 Å². The lowest BCUT2D eigenvalue weighted by atomic mass is 10.1. The SMILES string of the molecule is OC[C@H]1NC1c1ccccc1. The molecule has 2 nitrogen and oxygen atoms in total. The van der Waals surface area contributed by atoms with E-state index in [0.29, 0.717) is 6.04 Å². The third-order valence-corrected chi connectivity index (χ3v) is 2.04. The average molecular weight is 149 g/mol. The van der Waals surface area contributed by atoms with Crippen LogP contribution in [0.15, 0.2) is 30.3 Å². The molecule has 0 spiro atoms. The minimum absolute atomic E-state index is 0.236. The zero-order valence-electron chi connectivity index (χ0n) is 6.20. The summed E-state index contributed by atoms with van der Waals surface area (Å²) < 4.78 is 0. The molecule has 2 heteroatoms. The molecule has 1 unspecified atom stereocenters. The first-order chi connectivity index (χ1) is 5.42. The average Bonchev–Trinajstić information content (AvgIpc) is 2.85. The van der Waals surface area contributed by atoms with Crippen LogP contribution in [-0.2, 0) is 0 Å². The molecule has 1 heterocycles. The minimum atomic E-state index is 0.236. The molecule has 1 aromatic rings. The summed E-state index contributed by atoms with van der Waals surface area (Å²) in [7, 11) is 0. The van der Waals surface area contributed by atoms with Crippen molar-refractivity contribution in [3.05, 3.63) is 35.9 Å². The Kier molecular flexibility index (Phi) is 1.64. The quantitative estimate of drug-likeness (QED) is 0.607. The molecule has 1 saturated heterocycles. The highest BCUT2D eigenvalue weighted by molar-refractivity contribution is 5.25. The predicted molar refractivity (Wildman–Crippen MR) is 43.2 cm³/mol. The Morgan fingerprint density at radius 1 is 1.27 bits per heavy atom. The van der Waals surface area contributed by atoms with E-state index in [4.69, 9.17) is 5.11 Å². The fourth-order valence-corrected chi connectivity index (χ4v) is 1.32. The van der Waals surface area contributed by atoms with Gasteiger partial charge in [-0.1, -0.05) is 30.3 Å². The van der Waals surface area contributed by atoms with Crippen LogP contribution >= 0.6 is 0 Å². The van der Waals surface area contributed by atoms with E-state index >= 15 is 0 Å². The zero-order chi connectivity index (χ0) is 7.68. The molecule has 1 aliphatic rings. The first kappa shape index (κ1) is 6.83. The topological polar surface area (TPSA) is 42.2 Å². The van der Waals surface area contributed by atoms with Crippen LogP contribution < -0.4 is 5.32 Å². The van der Waals surface area contributed by atoms with Crippen LogP contribution in [-0.4, -0.2) is 17.8 Å². The standard InChI is InChI=1S/C9H11NO/c11-6-8-9(10-8)7-4-2-1-3-5-7/h1-5,8-11H,6H2/t8-,9?/m1/s1. The van der Waals surface area contributed by atoms with Crippen molar-refractivity contribution in [1.82, 2.24) is 5.32 Å². The largest absolute Gasteiger partial charge is 0.395 e. The van der Waals surface area contributed by atoms with Crippen LogP contribution in [0.3, 0.4) is 0 Å². The third-order valence-electron chi connectivity index (χ3n) is 2.04. The smallest absolute Gasteiger partial charge is 0.0603 e. The molecule has 0 aromatic heterocycles. The molecule has 0 aliphatic carbocycles. The van der Waals surface area contributed by atoms with Crippen LogP contribution in [0.1, 0.15) is 11.6 Å². The summed E-state index contributed by atoms with van der Waals surface area (Å²) in [5.74, 6) is 0. The fraction of sp³-hybridized carbons (Fsp3) is 0.333. The minimum Gasteiger partial charge on any atom is -0.395 e. The van der Waals surface area contributed by atoms with E-state index in [-0.39, 0.29) is 12.6 Å². The summed E-state index contributed by atoms with van der Waals surface area (Å²) in [6.07, 6.45) is 0. The van der Waals surface area contributed by atoms with Gasteiger partial charge in [0, 0.05) is 0 Å². The maximum atomic E-state index is 8.78. The maximum absolute atomic E-state index is 8.78. The lowest BCUT2D eigenvalue weighted by molar-refractivity contribution is 0.294. The molecule has 0 bridgehead atoms. The van der Waals surface area contributed by atoms with Gasteiger partial charge in [-0.15, -0.1) is 0 Å². The van der Waals surface area contributed by atoms with Crippen LogP contribution in [0.25, 0.3) is 0 Å². The van der Waals surface area contributed by atoms with Gasteiger partial charge in [-0.2, -0.15) is 0 Å². The van der Waals surface area contributed by atoms with Gasteiger partial charge in [0.2, 0.25) is 0 Å². The molecule has 1 aliphatic heterocycles. The molecular weight excluding hydrogens is 138 g/mol. The Morgan fingerprint density at radius 3 is 2.55 bits per heavy atom. The number of nitrogens with one attached hydrogen (secondary N) is 1. The van der Waals surface area contributed by atoms with Crippen LogP contribution in [0.5, 0.6) is 0 Å². The van der Waals surface area contributed by atoms with E-state index in [2.05, 4.69) is 17.4 Å². The molecule has 0 radical (unpaired) electrons. The van der Waals surface area contributed by atoms with Crippen molar-refractivity contribution in [2.24, 2.45) is 0 Å². The summed E-state index contributed by atoms with van der Waals surface area (Å²) in [4.78, 5) is 0. The van der Waals surface area contributed by atoms with Gasteiger partial charge >= 0.3 is 0 Å². The van der Waals surface area contributed by atoms with E-state index in [0.717, 1.165) is 0 Å². The van der Waals surface area contributed by atoms with Crippen LogP contribution in [0.4, 0.5) is 0 Å². The number of aliphatic hydroxyl groups excluding tert-OH is 1. The molecule has 0 saturated carbocycles. The van der Waals surface area contributed by atoms with Gasteiger partial charge in [0.05, 0.1) is 18.7 Å². The van der Waals surface area contributed by atoms with Gasteiger partial charge in [0.25, 0.3) is 0 Å². The highest BCUT2D eigenvalue weighted by atomic mass is 16.3. The first-order valence-electron chi connectivity index (χ1n) is 3.83. The molecule has 0 amide bonds. The summed E-state index contributed by atoms with van der Waals surface area (Å²) in [6.45, 7) is 0.236. The second kappa shape index (κ2) is 2.64. The second-order valence-electron chi connectivity index (χ2n) is 2.84. The van der Waals surface area contributed by atoms with Crippen molar-refractivity contribution in [3.8, 4) is 0 Å². The van der Waals surface area contributed by atoms with Crippen molar-refractivity contribution in [2.45, 2.75) is 12.1 Å². The van der Waals surface area contributed by atoms with E-state index in [1.165, 1.54) is 5.56 Å². The maximum Gasteiger partial charge on any atom is 0.0603 e. The summed E-state index contributed by atoms with van der Waals surface area (Å²) in [5, 5.41) is 12.0. The Labute approximate surface area is 65.9 Å². The Morgan fingerprint density at radius 2 is 2.00 bits per heavy atom. The molecular formula is C9H11NO. The van der Waals surface area contributed by atoms with E-state index in [1.54, 1.807) is 0 Å². The normalized spacial score (nSPS) is 28.5. The van der Waals surface area contributed by atoms with Crippen molar-refractivity contribution in [1.29, 1.82) is 0 Å². The molecule has 1 fully saturated rings.